The molecule has 0 aliphatic rings. The second-order valence-corrected chi connectivity index (χ2v) is 3.58. The molecule has 0 aromatic heterocycles. The maximum atomic E-state index is 5.33. The topological polar surface area (TPSA) is 30.9 Å². The predicted molar refractivity (Wildman–Crippen MR) is 60.4 cm³/mol. The van der Waals surface area contributed by atoms with Crippen molar-refractivity contribution in [3.63, 3.8) is 0 Å². The van der Waals surface area contributed by atoms with Gasteiger partial charge in [0.1, 0.15) is 0 Å². The van der Waals surface area contributed by atoms with Gasteiger partial charge in [0.05, 0.1) is 19.8 Å². The van der Waals surface area contributed by atoms with Crippen molar-refractivity contribution in [2.45, 2.75) is 0 Å². The van der Waals surface area contributed by atoms with Crippen molar-refractivity contribution in [3.8, 4) is 0 Å². The Morgan fingerprint density at radius 1 is 0.929 bits per heavy atom. The van der Waals surface area contributed by atoms with Gasteiger partial charge in [0.2, 0.25) is 0 Å². The zero-order valence-electron chi connectivity index (χ0n) is 9.41. The molecule has 86 valence electrons. The number of nitrogens with zero attached hydrogens (tertiary/aromatic N) is 1. The third-order valence-electron chi connectivity index (χ3n) is 1.88. The summed E-state index contributed by atoms with van der Waals surface area (Å²) < 4.78 is 15.4. The van der Waals surface area contributed by atoms with Crippen LogP contribution in [-0.2, 0) is 14.0 Å². The van der Waals surface area contributed by atoms with E-state index in [9.17, 15) is 0 Å². The minimum Gasteiger partial charge on any atom is -0.383 e. The average molecular weight is 223 g/mol. The van der Waals surface area contributed by atoms with Crippen LogP contribution in [-0.4, -0.2) is 65.2 Å². The summed E-state index contributed by atoms with van der Waals surface area (Å²) in [5.74, 6) is 0. The fourth-order valence-corrected chi connectivity index (χ4v) is 1.35. The summed E-state index contributed by atoms with van der Waals surface area (Å²) in [5.41, 5.74) is 0. The summed E-state index contributed by atoms with van der Waals surface area (Å²) in [6.45, 7) is 7.19. The highest BCUT2D eigenvalue weighted by atomic mass is 31.1. The average Bonchev–Trinajstić information content (AvgIpc) is 2.21. The van der Waals surface area contributed by atoms with E-state index < -0.39 is 0 Å². The molecule has 0 aliphatic heterocycles. The van der Waals surface area contributed by atoms with Gasteiger partial charge in [-0.05, 0) is 6.66 Å². The van der Waals surface area contributed by atoms with Crippen LogP contribution in [0.25, 0.3) is 0 Å². The molecule has 5 heteroatoms. The maximum absolute atomic E-state index is 5.33. The van der Waals surface area contributed by atoms with Gasteiger partial charge in [0.25, 0.3) is 0 Å². The van der Waals surface area contributed by atoms with E-state index in [0.29, 0.717) is 8.81 Å². The number of hydrogen-bond donors (Lipinski definition) is 0. The van der Waals surface area contributed by atoms with Crippen molar-refractivity contribution in [3.05, 3.63) is 0 Å². The Hall–Kier alpha value is 0.270. The quantitative estimate of drug-likeness (QED) is 0.405. The second kappa shape index (κ2) is 11.3. The molecule has 0 radical (unpaired) electrons. The van der Waals surface area contributed by atoms with Crippen LogP contribution in [0.4, 0.5) is 0 Å². The lowest BCUT2D eigenvalue weighted by Gasteiger charge is -2.21. The van der Waals surface area contributed by atoms with Gasteiger partial charge in [-0.3, -0.25) is 4.90 Å². The Labute approximate surface area is 88.8 Å². The van der Waals surface area contributed by atoms with Crippen LogP contribution in [0.3, 0.4) is 0 Å². The molecule has 1 unspecified atom stereocenters. The molecule has 0 bridgehead atoms. The number of rotatable bonds is 10. The normalized spacial score (nSPS) is 12.0. The Bertz CT molecular complexity index is 108. The SMILES string of the molecule is COCCN(CCOC)CCOPC. The molecule has 0 heterocycles. The molecular weight excluding hydrogens is 201 g/mol. The van der Waals surface area contributed by atoms with Gasteiger partial charge in [-0.1, -0.05) is 0 Å². The van der Waals surface area contributed by atoms with E-state index >= 15 is 0 Å². The molecule has 4 nitrogen and oxygen atoms in total. The first-order valence-electron chi connectivity index (χ1n) is 4.84. The Morgan fingerprint density at radius 3 is 1.86 bits per heavy atom. The van der Waals surface area contributed by atoms with Gasteiger partial charge in [-0.15, -0.1) is 0 Å². The first-order chi connectivity index (χ1) is 6.85. The maximum Gasteiger partial charge on any atom is 0.0632 e. The Morgan fingerprint density at radius 2 is 1.43 bits per heavy atom. The molecule has 0 aromatic carbocycles. The van der Waals surface area contributed by atoms with Crippen molar-refractivity contribution in [2.24, 2.45) is 0 Å². The smallest absolute Gasteiger partial charge is 0.0632 e. The number of methoxy groups -OCH3 is 2. The van der Waals surface area contributed by atoms with Crippen molar-refractivity contribution >= 4 is 8.81 Å². The van der Waals surface area contributed by atoms with Gasteiger partial charge < -0.3 is 14.0 Å². The van der Waals surface area contributed by atoms with Crippen molar-refractivity contribution in [1.29, 1.82) is 0 Å². The van der Waals surface area contributed by atoms with Crippen LogP contribution < -0.4 is 0 Å². The first-order valence-corrected chi connectivity index (χ1v) is 6.24. The highest BCUT2D eigenvalue weighted by molar-refractivity contribution is 7.31. The van der Waals surface area contributed by atoms with E-state index in [1.807, 2.05) is 6.66 Å². The summed E-state index contributed by atoms with van der Waals surface area (Å²) in [5, 5.41) is 0. The first kappa shape index (κ1) is 14.3. The van der Waals surface area contributed by atoms with E-state index in [1.165, 1.54) is 0 Å². The molecule has 14 heavy (non-hydrogen) atoms. The molecule has 0 fully saturated rings. The predicted octanol–water partition coefficient (Wildman–Crippen LogP) is 0.821. The summed E-state index contributed by atoms with van der Waals surface area (Å²) in [7, 11) is 4.01. The largest absolute Gasteiger partial charge is 0.383 e. The van der Waals surface area contributed by atoms with Gasteiger partial charge in [-0.2, -0.15) is 0 Å². The molecule has 0 aliphatic carbocycles. The van der Waals surface area contributed by atoms with Gasteiger partial charge in [-0.25, -0.2) is 0 Å². The summed E-state index contributed by atoms with van der Waals surface area (Å²) in [6, 6.07) is 0. The molecule has 0 spiro atoms. The van der Waals surface area contributed by atoms with Crippen LogP contribution in [0.1, 0.15) is 0 Å². The van der Waals surface area contributed by atoms with E-state index in [1.54, 1.807) is 14.2 Å². The van der Waals surface area contributed by atoms with Crippen LogP contribution in [0, 0.1) is 0 Å². The van der Waals surface area contributed by atoms with Crippen LogP contribution in [0.2, 0.25) is 0 Å². The fourth-order valence-electron chi connectivity index (χ4n) is 1.05. The van der Waals surface area contributed by atoms with Crippen LogP contribution >= 0.6 is 8.81 Å². The van der Waals surface area contributed by atoms with E-state index in [4.69, 9.17) is 14.0 Å². The molecule has 1 atom stereocenters. The number of ether oxygens (including phenoxy) is 2. The third kappa shape index (κ3) is 8.85. The Kier molecular flexibility index (Phi) is 11.6. The standard InChI is InChI=1S/C9H22NO3P/c1-11-7-4-10(5-8-12-2)6-9-13-14-3/h14H,4-9H2,1-3H3. The zero-order valence-corrected chi connectivity index (χ0v) is 10.4. The van der Waals surface area contributed by atoms with Crippen molar-refractivity contribution < 1.29 is 14.0 Å². The minimum absolute atomic E-state index is 0.573. The van der Waals surface area contributed by atoms with Crippen molar-refractivity contribution in [2.75, 3.05) is 60.3 Å². The lowest BCUT2D eigenvalue weighted by molar-refractivity contribution is 0.106. The lowest BCUT2D eigenvalue weighted by atomic mass is 10.4. The number of hydrogen-bond acceptors (Lipinski definition) is 4. The second-order valence-electron chi connectivity index (χ2n) is 2.88. The van der Waals surface area contributed by atoms with E-state index in [-0.39, 0.29) is 0 Å². The van der Waals surface area contributed by atoms with Gasteiger partial charge >= 0.3 is 0 Å². The summed E-state index contributed by atoms with van der Waals surface area (Å²) in [4.78, 5) is 2.28. The molecule has 0 saturated carbocycles. The van der Waals surface area contributed by atoms with E-state index in [0.717, 1.165) is 39.5 Å². The molecule has 0 rings (SSSR count). The zero-order chi connectivity index (χ0) is 10.6. The fraction of sp³-hybridized carbons (Fsp3) is 1.00. The molecule has 0 saturated heterocycles. The monoisotopic (exact) mass is 223 g/mol. The Balaban J connectivity index is 3.49. The lowest BCUT2D eigenvalue weighted by Crippen LogP contribution is -2.33. The molecule has 0 N–H and O–H groups in total. The van der Waals surface area contributed by atoms with Gasteiger partial charge in [0.15, 0.2) is 0 Å². The van der Waals surface area contributed by atoms with Crippen LogP contribution in [0.15, 0.2) is 0 Å². The highest BCUT2D eigenvalue weighted by Gasteiger charge is 2.03. The van der Waals surface area contributed by atoms with Crippen molar-refractivity contribution in [1.82, 2.24) is 4.90 Å². The third-order valence-corrected chi connectivity index (χ3v) is 2.37. The minimum atomic E-state index is 0.573. The van der Waals surface area contributed by atoms with Crippen LogP contribution in [0.5, 0.6) is 0 Å². The highest BCUT2D eigenvalue weighted by Crippen LogP contribution is 2.03. The molecular formula is C9H22NO3P. The summed E-state index contributed by atoms with van der Waals surface area (Å²) >= 11 is 0. The molecule has 0 amide bonds. The molecule has 0 aromatic rings. The summed E-state index contributed by atoms with van der Waals surface area (Å²) in [6.07, 6.45) is 0. The van der Waals surface area contributed by atoms with E-state index in [2.05, 4.69) is 4.90 Å². The van der Waals surface area contributed by atoms with Gasteiger partial charge in [0, 0.05) is 42.7 Å².